The number of hydrogen-bond donors (Lipinski definition) is 2. The van der Waals surface area contributed by atoms with Crippen molar-refractivity contribution in [1.29, 1.82) is 0 Å². The number of carbonyl (C=O) groups is 1. The van der Waals surface area contributed by atoms with Crippen LogP contribution in [-0.2, 0) is 6.42 Å². The molecule has 1 heterocycles. The largest absolute Gasteiger partial charge is 0.407 e. The molecule has 1 aromatic heterocycles. The number of aromatic nitrogens is 2. The molecule has 2 amide bonds. The zero-order valence-corrected chi connectivity index (χ0v) is 12.6. The van der Waals surface area contributed by atoms with E-state index < -0.39 is 6.03 Å². The molecule has 0 radical (unpaired) electrons. The Morgan fingerprint density at radius 2 is 1.74 bits per heavy atom. The molecule has 2 aromatic carbocycles. The molecule has 0 saturated carbocycles. The molecular formula is C17H16N4O2. The second-order valence-corrected chi connectivity index (χ2v) is 5.11. The smallest absolute Gasteiger partial charge is 0.327 e. The van der Waals surface area contributed by atoms with Crippen LogP contribution in [0.2, 0.25) is 0 Å². The second kappa shape index (κ2) is 6.74. The lowest BCUT2D eigenvalue weighted by atomic mass is 10.2. The average molecular weight is 308 g/mol. The average Bonchev–Trinajstić information content (AvgIpc) is 2.97. The van der Waals surface area contributed by atoms with E-state index in [9.17, 15) is 4.79 Å². The fourth-order valence-electron chi connectivity index (χ4n) is 2.04. The Balaban J connectivity index is 1.58. The van der Waals surface area contributed by atoms with Gasteiger partial charge in [-0.15, -0.1) is 5.10 Å². The number of aryl methyl sites for hydroxylation is 1. The third kappa shape index (κ3) is 4.16. The highest BCUT2D eigenvalue weighted by atomic mass is 16.4. The summed E-state index contributed by atoms with van der Waals surface area (Å²) in [7, 11) is 0. The summed E-state index contributed by atoms with van der Waals surface area (Å²) in [6.07, 6.45) is 0.523. The molecule has 0 unspecified atom stereocenters. The number of urea groups is 1. The quantitative estimate of drug-likeness (QED) is 0.771. The van der Waals surface area contributed by atoms with E-state index >= 15 is 0 Å². The van der Waals surface area contributed by atoms with Crippen molar-refractivity contribution in [2.45, 2.75) is 13.3 Å². The number of rotatable bonds is 4. The number of hydrogen-bond acceptors (Lipinski definition) is 4. The highest BCUT2D eigenvalue weighted by molar-refractivity contribution is 5.98. The molecule has 0 fully saturated rings. The first-order valence-electron chi connectivity index (χ1n) is 7.20. The van der Waals surface area contributed by atoms with Gasteiger partial charge in [-0.1, -0.05) is 53.1 Å². The second-order valence-electron chi connectivity index (χ2n) is 5.11. The van der Waals surface area contributed by atoms with Crippen LogP contribution in [0.15, 0.2) is 59.0 Å². The lowest BCUT2D eigenvalue weighted by Crippen LogP contribution is -2.19. The summed E-state index contributed by atoms with van der Waals surface area (Å²) in [6.45, 7) is 1.98. The van der Waals surface area contributed by atoms with Crippen LogP contribution < -0.4 is 10.6 Å². The van der Waals surface area contributed by atoms with E-state index in [1.807, 2.05) is 61.5 Å². The maximum Gasteiger partial charge on any atom is 0.327 e. The van der Waals surface area contributed by atoms with Crippen LogP contribution in [0, 0.1) is 6.92 Å². The van der Waals surface area contributed by atoms with E-state index in [-0.39, 0.29) is 6.01 Å². The van der Waals surface area contributed by atoms with Crippen molar-refractivity contribution >= 4 is 17.7 Å². The van der Waals surface area contributed by atoms with Gasteiger partial charge in [-0.3, -0.25) is 5.32 Å². The molecule has 116 valence electrons. The zero-order valence-electron chi connectivity index (χ0n) is 12.6. The maximum atomic E-state index is 11.9. The van der Waals surface area contributed by atoms with Gasteiger partial charge >= 0.3 is 12.0 Å². The SMILES string of the molecule is Cc1ccc(NC(=O)Nc2nnc(Cc3ccccc3)o2)cc1. The van der Waals surface area contributed by atoms with Crippen LogP contribution in [0.25, 0.3) is 0 Å². The first kappa shape index (κ1) is 14.8. The molecule has 0 bridgehead atoms. The van der Waals surface area contributed by atoms with Gasteiger partial charge in [0.2, 0.25) is 5.89 Å². The first-order valence-corrected chi connectivity index (χ1v) is 7.20. The Labute approximate surface area is 133 Å². The van der Waals surface area contributed by atoms with Crippen LogP contribution in [0.3, 0.4) is 0 Å². The molecule has 0 spiro atoms. The molecular weight excluding hydrogens is 292 g/mol. The van der Waals surface area contributed by atoms with Crippen LogP contribution in [0.1, 0.15) is 17.0 Å². The summed E-state index contributed by atoms with van der Waals surface area (Å²) in [4.78, 5) is 11.9. The van der Waals surface area contributed by atoms with E-state index in [0.29, 0.717) is 18.0 Å². The van der Waals surface area contributed by atoms with Gasteiger partial charge in [0.05, 0.1) is 6.42 Å². The molecule has 0 aliphatic carbocycles. The van der Waals surface area contributed by atoms with Crippen molar-refractivity contribution < 1.29 is 9.21 Å². The van der Waals surface area contributed by atoms with Gasteiger partial charge in [-0.05, 0) is 24.6 Å². The predicted octanol–water partition coefficient (Wildman–Crippen LogP) is 3.61. The van der Waals surface area contributed by atoms with Gasteiger partial charge in [0.25, 0.3) is 0 Å². The standard InChI is InChI=1S/C17H16N4O2/c1-12-7-9-14(10-8-12)18-16(22)19-17-21-20-15(23-17)11-13-5-3-2-4-6-13/h2-10H,11H2,1H3,(H2,18,19,21,22). The minimum atomic E-state index is -0.427. The lowest BCUT2D eigenvalue weighted by Gasteiger charge is -2.04. The summed E-state index contributed by atoms with van der Waals surface area (Å²) in [6, 6.07) is 16.9. The Morgan fingerprint density at radius 3 is 2.48 bits per heavy atom. The Kier molecular flexibility index (Phi) is 4.33. The van der Waals surface area contributed by atoms with Crippen LogP contribution >= 0.6 is 0 Å². The van der Waals surface area contributed by atoms with E-state index in [4.69, 9.17) is 4.42 Å². The normalized spacial score (nSPS) is 10.3. The topological polar surface area (TPSA) is 80.0 Å². The Hall–Kier alpha value is -3.15. The van der Waals surface area contributed by atoms with E-state index in [1.165, 1.54) is 0 Å². The van der Waals surface area contributed by atoms with Crippen LogP contribution in [0.5, 0.6) is 0 Å². The van der Waals surface area contributed by atoms with Crippen molar-refractivity contribution in [2.75, 3.05) is 10.6 Å². The lowest BCUT2D eigenvalue weighted by molar-refractivity contribution is 0.261. The van der Waals surface area contributed by atoms with Crippen LogP contribution in [0.4, 0.5) is 16.5 Å². The number of benzene rings is 2. The van der Waals surface area contributed by atoms with Crippen molar-refractivity contribution in [3.05, 3.63) is 71.6 Å². The molecule has 3 rings (SSSR count). The van der Waals surface area contributed by atoms with E-state index in [2.05, 4.69) is 20.8 Å². The summed E-state index contributed by atoms with van der Waals surface area (Å²) >= 11 is 0. The van der Waals surface area contributed by atoms with Gasteiger partial charge in [0, 0.05) is 5.69 Å². The van der Waals surface area contributed by atoms with E-state index in [0.717, 1.165) is 11.1 Å². The van der Waals surface area contributed by atoms with Gasteiger partial charge in [0.1, 0.15) is 0 Å². The van der Waals surface area contributed by atoms with E-state index in [1.54, 1.807) is 0 Å². The molecule has 0 saturated heterocycles. The Morgan fingerprint density at radius 1 is 1.00 bits per heavy atom. The monoisotopic (exact) mass is 308 g/mol. The van der Waals surface area contributed by atoms with Crippen molar-refractivity contribution in [3.8, 4) is 0 Å². The molecule has 0 atom stereocenters. The van der Waals surface area contributed by atoms with Crippen molar-refractivity contribution in [1.82, 2.24) is 10.2 Å². The summed E-state index contributed by atoms with van der Waals surface area (Å²) in [5, 5.41) is 13.0. The molecule has 6 nitrogen and oxygen atoms in total. The van der Waals surface area contributed by atoms with Gasteiger partial charge in [-0.25, -0.2) is 4.79 Å². The highest BCUT2D eigenvalue weighted by Gasteiger charge is 2.10. The Bertz CT molecular complexity index is 782. The molecule has 2 N–H and O–H groups in total. The zero-order chi connectivity index (χ0) is 16.1. The first-order chi connectivity index (χ1) is 11.2. The number of carbonyl (C=O) groups excluding carboxylic acids is 1. The fraction of sp³-hybridized carbons (Fsp3) is 0.118. The minimum Gasteiger partial charge on any atom is -0.407 e. The van der Waals surface area contributed by atoms with Crippen molar-refractivity contribution in [3.63, 3.8) is 0 Å². The summed E-state index contributed by atoms with van der Waals surface area (Å²) in [5.41, 5.74) is 2.88. The van der Waals surface area contributed by atoms with Gasteiger partial charge in [0.15, 0.2) is 0 Å². The summed E-state index contributed by atoms with van der Waals surface area (Å²) in [5.74, 6) is 0.446. The molecule has 6 heteroatoms. The summed E-state index contributed by atoms with van der Waals surface area (Å²) < 4.78 is 5.42. The number of amides is 2. The number of nitrogens with one attached hydrogen (secondary N) is 2. The number of nitrogens with zero attached hydrogens (tertiary/aromatic N) is 2. The molecule has 0 aliphatic rings. The predicted molar refractivity (Wildman–Crippen MR) is 87.4 cm³/mol. The van der Waals surface area contributed by atoms with Crippen LogP contribution in [-0.4, -0.2) is 16.2 Å². The fourth-order valence-corrected chi connectivity index (χ4v) is 2.04. The number of anilines is 2. The minimum absolute atomic E-state index is 0.0699. The van der Waals surface area contributed by atoms with Gasteiger partial charge < -0.3 is 9.73 Å². The third-order valence-electron chi connectivity index (χ3n) is 3.19. The maximum absolute atomic E-state index is 11.9. The third-order valence-corrected chi connectivity index (χ3v) is 3.19. The highest BCUT2D eigenvalue weighted by Crippen LogP contribution is 2.12. The van der Waals surface area contributed by atoms with Gasteiger partial charge in [-0.2, -0.15) is 0 Å². The molecule has 0 aliphatic heterocycles. The molecule has 3 aromatic rings. The molecule has 23 heavy (non-hydrogen) atoms. The van der Waals surface area contributed by atoms with Crippen molar-refractivity contribution in [2.24, 2.45) is 0 Å².